The molecule has 0 spiro atoms. The molecule has 26 heavy (non-hydrogen) atoms. The molecule has 1 aromatic rings. The SMILES string of the molecule is C=CCC[C@H](c1c(F)cc(C(F)(F)F)cc1C(F)(F)F)N1CCNCC1. The highest BCUT2D eigenvalue weighted by atomic mass is 19.4. The number of piperazine rings is 1. The van der Waals surface area contributed by atoms with Gasteiger partial charge in [-0.2, -0.15) is 26.3 Å². The predicted molar refractivity (Wildman–Crippen MR) is 83.0 cm³/mol. The first-order valence-electron chi connectivity index (χ1n) is 8.09. The van der Waals surface area contributed by atoms with E-state index in [1.165, 1.54) is 6.08 Å². The first-order chi connectivity index (χ1) is 12.1. The number of rotatable bonds is 5. The highest BCUT2D eigenvalue weighted by Gasteiger charge is 2.42. The van der Waals surface area contributed by atoms with E-state index in [4.69, 9.17) is 0 Å². The highest BCUT2D eigenvalue weighted by Crippen LogP contribution is 2.42. The summed E-state index contributed by atoms with van der Waals surface area (Å²) >= 11 is 0. The lowest BCUT2D eigenvalue weighted by molar-refractivity contribution is -0.144. The van der Waals surface area contributed by atoms with Gasteiger partial charge in [-0.3, -0.25) is 4.90 Å². The van der Waals surface area contributed by atoms with E-state index in [2.05, 4.69) is 11.9 Å². The Labute approximate surface area is 146 Å². The normalized spacial score (nSPS) is 18.0. The van der Waals surface area contributed by atoms with Gasteiger partial charge in [0.05, 0.1) is 11.1 Å². The van der Waals surface area contributed by atoms with Crippen molar-refractivity contribution in [3.63, 3.8) is 0 Å². The quantitative estimate of drug-likeness (QED) is 0.581. The lowest BCUT2D eigenvalue weighted by Gasteiger charge is -2.36. The molecule has 1 fully saturated rings. The summed E-state index contributed by atoms with van der Waals surface area (Å²) < 4.78 is 93.5. The van der Waals surface area contributed by atoms with Gasteiger partial charge >= 0.3 is 12.4 Å². The second-order valence-corrected chi connectivity index (χ2v) is 6.08. The monoisotopic (exact) mass is 384 g/mol. The molecular weight excluding hydrogens is 365 g/mol. The molecule has 0 saturated carbocycles. The molecule has 1 atom stereocenters. The largest absolute Gasteiger partial charge is 0.416 e. The minimum atomic E-state index is -5.10. The van der Waals surface area contributed by atoms with Crippen LogP contribution in [-0.4, -0.2) is 31.1 Å². The van der Waals surface area contributed by atoms with Crippen molar-refractivity contribution in [2.75, 3.05) is 26.2 Å². The Kier molecular flexibility index (Phi) is 6.33. The summed E-state index contributed by atoms with van der Waals surface area (Å²) in [5, 5.41) is 3.04. The van der Waals surface area contributed by atoms with Crippen molar-refractivity contribution < 1.29 is 30.7 Å². The van der Waals surface area contributed by atoms with Gasteiger partial charge in [-0.25, -0.2) is 4.39 Å². The Morgan fingerprint density at radius 1 is 1.08 bits per heavy atom. The standard InChI is InChI=1S/C17H19F7N2/c1-2-3-4-14(26-7-5-25-6-8-26)15-12(17(22,23)24)9-11(10-13(15)18)16(19,20)21/h2,9-10,14,25H,1,3-8H2/t14-/m1/s1. The van der Waals surface area contributed by atoms with Gasteiger partial charge in [0.15, 0.2) is 0 Å². The fraction of sp³-hybridized carbons (Fsp3) is 0.529. The van der Waals surface area contributed by atoms with Crippen LogP contribution in [0.1, 0.15) is 35.6 Å². The number of hydrogen-bond acceptors (Lipinski definition) is 2. The number of alkyl halides is 6. The van der Waals surface area contributed by atoms with Crippen LogP contribution in [-0.2, 0) is 12.4 Å². The Bertz CT molecular complexity index is 631. The van der Waals surface area contributed by atoms with Gasteiger partial charge in [0, 0.05) is 37.8 Å². The van der Waals surface area contributed by atoms with E-state index < -0.39 is 40.9 Å². The van der Waals surface area contributed by atoms with Crippen molar-refractivity contribution in [2.45, 2.75) is 31.2 Å². The molecule has 146 valence electrons. The number of nitrogens with one attached hydrogen (secondary N) is 1. The molecule has 0 bridgehead atoms. The summed E-state index contributed by atoms with van der Waals surface area (Å²) in [4.78, 5) is 1.67. The Morgan fingerprint density at radius 2 is 1.69 bits per heavy atom. The molecule has 9 heteroatoms. The molecule has 1 aliphatic heterocycles. The van der Waals surface area contributed by atoms with Crippen molar-refractivity contribution in [1.29, 1.82) is 0 Å². The van der Waals surface area contributed by atoms with Crippen LogP contribution in [0.2, 0.25) is 0 Å². The van der Waals surface area contributed by atoms with E-state index in [0.717, 1.165) is 0 Å². The van der Waals surface area contributed by atoms with E-state index in [1.54, 1.807) is 4.90 Å². The third-order valence-corrected chi connectivity index (χ3v) is 4.33. The molecule has 1 saturated heterocycles. The van der Waals surface area contributed by atoms with E-state index in [0.29, 0.717) is 32.6 Å². The van der Waals surface area contributed by atoms with Crippen LogP contribution in [0.4, 0.5) is 30.7 Å². The summed E-state index contributed by atoms with van der Waals surface area (Å²) in [5.41, 5.74) is -3.94. The topological polar surface area (TPSA) is 15.3 Å². The first kappa shape index (κ1) is 20.7. The Balaban J connectivity index is 2.60. The fourth-order valence-corrected chi connectivity index (χ4v) is 3.13. The number of halogens is 7. The average molecular weight is 384 g/mol. The third-order valence-electron chi connectivity index (χ3n) is 4.33. The molecule has 2 nitrogen and oxygen atoms in total. The second kappa shape index (κ2) is 7.96. The van der Waals surface area contributed by atoms with Crippen molar-refractivity contribution in [3.8, 4) is 0 Å². The summed E-state index contributed by atoms with van der Waals surface area (Å²) in [6, 6.07) is -0.830. The van der Waals surface area contributed by atoms with E-state index in [9.17, 15) is 30.7 Å². The lowest BCUT2D eigenvalue weighted by Crippen LogP contribution is -2.45. The Morgan fingerprint density at radius 3 is 2.19 bits per heavy atom. The maximum absolute atomic E-state index is 14.5. The number of nitrogens with zero attached hydrogens (tertiary/aromatic N) is 1. The van der Waals surface area contributed by atoms with E-state index >= 15 is 0 Å². The van der Waals surface area contributed by atoms with Crippen molar-refractivity contribution in [3.05, 3.63) is 47.3 Å². The second-order valence-electron chi connectivity index (χ2n) is 6.08. The summed E-state index contributed by atoms with van der Waals surface area (Å²) in [6.45, 7) is 5.28. The van der Waals surface area contributed by atoms with Gasteiger partial charge in [-0.05, 0) is 25.0 Å². The number of hydrogen-bond donors (Lipinski definition) is 1. The van der Waals surface area contributed by atoms with Gasteiger partial charge in [-0.15, -0.1) is 6.58 Å². The minimum Gasteiger partial charge on any atom is -0.314 e. The summed E-state index contributed by atoms with van der Waals surface area (Å²) in [5.74, 6) is -1.49. The molecule has 0 aromatic heterocycles. The molecule has 0 unspecified atom stereocenters. The van der Waals surface area contributed by atoms with Crippen LogP contribution in [0.5, 0.6) is 0 Å². The van der Waals surface area contributed by atoms with Crippen molar-refractivity contribution in [1.82, 2.24) is 10.2 Å². The smallest absolute Gasteiger partial charge is 0.314 e. The molecule has 0 aliphatic carbocycles. The van der Waals surface area contributed by atoms with Crippen LogP contribution >= 0.6 is 0 Å². The highest BCUT2D eigenvalue weighted by molar-refractivity contribution is 5.39. The fourth-order valence-electron chi connectivity index (χ4n) is 3.13. The summed E-state index contributed by atoms with van der Waals surface area (Å²) in [6.07, 6.45) is -8.23. The van der Waals surface area contributed by atoms with Crippen LogP contribution in [0.25, 0.3) is 0 Å². The first-order valence-corrected chi connectivity index (χ1v) is 8.09. The predicted octanol–water partition coefficient (Wildman–Crippen LogP) is 4.78. The molecule has 1 aliphatic rings. The third kappa shape index (κ3) is 4.76. The maximum Gasteiger partial charge on any atom is 0.416 e. The molecule has 1 N–H and O–H groups in total. The zero-order valence-electron chi connectivity index (χ0n) is 13.9. The van der Waals surface area contributed by atoms with Crippen molar-refractivity contribution in [2.24, 2.45) is 0 Å². The number of benzene rings is 1. The molecule has 2 rings (SSSR count). The average Bonchev–Trinajstić information content (AvgIpc) is 2.55. The van der Waals surface area contributed by atoms with Gasteiger partial charge < -0.3 is 5.32 Å². The molecule has 1 aromatic carbocycles. The van der Waals surface area contributed by atoms with Gasteiger partial charge in [0.25, 0.3) is 0 Å². The lowest BCUT2D eigenvalue weighted by atomic mass is 9.92. The summed E-state index contributed by atoms with van der Waals surface area (Å²) in [7, 11) is 0. The Hall–Kier alpha value is -1.61. The zero-order valence-corrected chi connectivity index (χ0v) is 13.9. The van der Waals surface area contributed by atoms with Gasteiger partial charge in [-0.1, -0.05) is 6.08 Å². The van der Waals surface area contributed by atoms with E-state index in [1.807, 2.05) is 0 Å². The van der Waals surface area contributed by atoms with Crippen LogP contribution in [0, 0.1) is 5.82 Å². The zero-order chi connectivity index (χ0) is 19.5. The van der Waals surface area contributed by atoms with Crippen LogP contribution in [0.3, 0.4) is 0 Å². The van der Waals surface area contributed by atoms with Crippen molar-refractivity contribution >= 4 is 0 Å². The van der Waals surface area contributed by atoms with Gasteiger partial charge in [0.2, 0.25) is 0 Å². The minimum absolute atomic E-state index is 0.00151. The van der Waals surface area contributed by atoms with E-state index in [-0.39, 0.29) is 18.6 Å². The van der Waals surface area contributed by atoms with Gasteiger partial charge in [0.1, 0.15) is 5.82 Å². The maximum atomic E-state index is 14.5. The molecule has 0 radical (unpaired) electrons. The number of allylic oxidation sites excluding steroid dienone is 1. The molecule has 0 amide bonds. The van der Waals surface area contributed by atoms with Crippen LogP contribution in [0.15, 0.2) is 24.8 Å². The molecular formula is C17H19F7N2. The van der Waals surface area contributed by atoms with Crippen LogP contribution < -0.4 is 5.32 Å². The molecule has 1 heterocycles.